The number of carbonyl (C=O) groups excluding carboxylic acids is 1. The predicted molar refractivity (Wildman–Crippen MR) is 76.8 cm³/mol. The molecule has 0 saturated carbocycles. The number of likely N-dealkylation sites (tertiary alicyclic amines) is 1. The third-order valence-electron chi connectivity index (χ3n) is 3.74. The number of hydrogen-bond acceptors (Lipinski definition) is 2. The molecule has 4 nitrogen and oxygen atoms in total. The van der Waals surface area contributed by atoms with Crippen LogP contribution in [0.2, 0.25) is 0 Å². The SMILES string of the molecule is COc1ccc(NC(=O)N2CCCCC2C)c(C)c1. The first kappa shape index (κ1) is 13.7. The summed E-state index contributed by atoms with van der Waals surface area (Å²) in [6.07, 6.45) is 3.40. The lowest BCUT2D eigenvalue weighted by Gasteiger charge is -2.33. The van der Waals surface area contributed by atoms with Gasteiger partial charge in [-0.05, 0) is 56.9 Å². The van der Waals surface area contributed by atoms with Gasteiger partial charge in [0.1, 0.15) is 5.75 Å². The molecule has 1 fully saturated rings. The van der Waals surface area contributed by atoms with Crippen LogP contribution in [0.15, 0.2) is 18.2 Å². The van der Waals surface area contributed by atoms with Gasteiger partial charge in [0, 0.05) is 18.3 Å². The minimum Gasteiger partial charge on any atom is -0.497 e. The average Bonchev–Trinajstić information content (AvgIpc) is 2.41. The molecule has 1 aliphatic rings. The quantitative estimate of drug-likeness (QED) is 0.887. The van der Waals surface area contributed by atoms with Gasteiger partial charge in [-0.25, -0.2) is 4.79 Å². The molecule has 1 aromatic carbocycles. The number of nitrogens with one attached hydrogen (secondary N) is 1. The van der Waals surface area contributed by atoms with E-state index in [1.165, 1.54) is 6.42 Å². The Morgan fingerprint density at radius 2 is 2.21 bits per heavy atom. The van der Waals surface area contributed by atoms with Gasteiger partial charge in [-0.3, -0.25) is 0 Å². The monoisotopic (exact) mass is 262 g/mol. The molecular weight excluding hydrogens is 240 g/mol. The Balaban J connectivity index is 2.06. The third kappa shape index (κ3) is 3.19. The van der Waals surface area contributed by atoms with Crippen molar-refractivity contribution in [1.29, 1.82) is 0 Å². The zero-order valence-electron chi connectivity index (χ0n) is 11.9. The van der Waals surface area contributed by atoms with E-state index in [4.69, 9.17) is 4.74 Å². The minimum atomic E-state index is 0.000432. The van der Waals surface area contributed by atoms with Crippen LogP contribution in [-0.4, -0.2) is 30.6 Å². The number of ether oxygens (including phenoxy) is 1. The first-order chi connectivity index (χ1) is 9.11. The van der Waals surface area contributed by atoms with Crippen LogP contribution in [0, 0.1) is 6.92 Å². The maximum Gasteiger partial charge on any atom is 0.322 e. The van der Waals surface area contributed by atoms with E-state index in [0.29, 0.717) is 6.04 Å². The van der Waals surface area contributed by atoms with Crippen molar-refractivity contribution in [2.75, 3.05) is 19.0 Å². The highest BCUT2D eigenvalue weighted by Crippen LogP contribution is 2.23. The fourth-order valence-corrected chi connectivity index (χ4v) is 2.49. The van der Waals surface area contributed by atoms with Gasteiger partial charge in [-0.15, -0.1) is 0 Å². The Kier molecular flexibility index (Phi) is 4.30. The molecule has 2 amide bonds. The fraction of sp³-hybridized carbons (Fsp3) is 0.533. The number of amides is 2. The molecule has 2 rings (SSSR count). The summed E-state index contributed by atoms with van der Waals surface area (Å²) in [6, 6.07) is 6.01. The second kappa shape index (κ2) is 5.95. The van der Waals surface area contributed by atoms with Gasteiger partial charge in [-0.1, -0.05) is 0 Å². The van der Waals surface area contributed by atoms with Gasteiger partial charge in [0.2, 0.25) is 0 Å². The molecule has 1 unspecified atom stereocenters. The molecule has 1 saturated heterocycles. The van der Waals surface area contributed by atoms with Crippen molar-refractivity contribution in [3.63, 3.8) is 0 Å². The Labute approximate surface area is 114 Å². The van der Waals surface area contributed by atoms with Gasteiger partial charge in [0.25, 0.3) is 0 Å². The number of carbonyl (C=O) groups is 1. The van der Waals surface area contributed by atoms with Crippen LogP contribution in [0.25, 0.3) is 0 Å². The van der Waals surface area contributed by atoms with Crippen LogP contribution in [-0.2, 0) is 0 Å². The molecule has 0 bridgehead atoms. The fourth-order valence-electron chi connectivity index (χ4n) is 2.49. The highest BCUT2D eigenvalue weighted by atomic mass is 16.5. The highest BCUT2D eigenvalue weighted by Gasteiger charge is 2.23. The molecule has 19 heavy (non-hydrogen) atoms. The molecular formula is C15H22N2O2. The first-order valence-electron chi connectivity index (χ1n) is 6.84. The molecule has 1 heterocycles. The summed E-state index contributed by atoms with van der Waals surface area (Å²) in [7, 11) is 1.64. The van der Waals surface area contributed by atoms with Crippen LogP contribution >= 0.6 is 0 Å². The van der Waals surface area contributed by atoms with Crippen LogP contribution < -0.4 is 10.1 Å². The number of methoxy groups -OCH3 is 1. The molecule has 1 aliphatic heterocycles. The van der Waals surface area contributed by atoms with Crippen LogP contribution in [0.5, 0.6) is 5.75 Å². The van der Waals surface area contributed by atoms with Gasteiger partial charge >= 0.3 is 6.03 Å². The Hall–Kier alpha value is -1.71. The van der Waals surface area contributed by atoms with Gasteiger partial charge < -0.3 is 15.0 Å². The molecule has 0 spiro atoms. The van der Waals surface area contributed by atoms with Crippen molar-refractivity contribution in [2.45, 2.75) is 39.2 Å². The molecule has 104 valence electrons. The number of benzene rings is 1. The van der Waals surface area contributed by atoms with Crippen molar-refractivity contribution in [1.82, 2.24) is 4.90 Å². The lowest BCUT2D eigenvalue weighted by molar-refractivity contribution is 0.170. The first-order valence-corrected chi connectivity index (χ1v) is 6.84. The zero-order valence-corrected chi connectivity index (χ0v) is 11.9. The van der Waals surface area contributed by atoms with E-state index in [1.54, 1.807) is 7.11 Å². The van der Waals surface area contributed by atoms with Gasteiger partial charge in [0.05, 0.1) is 7.11 Å². The number of urea groups is 1. The Morgan fingerprint density at radius 1 is 1.42 bits per heavy atom. The average molecular weight is 262 g/mol. The molecule has 1 aromatic rings. The highest BCUT2D eigenvalue weighted by molar-refractivity contribution is 5.90. The van der Waals surface area contributed by atoms with E-state index in [2.05, 4.69) is 12.2 Å². The van der Waals surface area contributed by atoms with E-state index in [-0.39, 0.29) is 6.03 Å². The van der Waals surface area contributed by atoms with E-state index in [1.807, 2.05) is 30.0 Å². The largest absolute Gasteiger partial charge is 0.497 e. The number of rotatable bonds is 2. The standard InChI is InChI=1S/C15H22N2O2/c1-11-10-13(19-3)7-8-14(11)16-15(18)17-9-5-4-6-12(17)2/h7-8,10,12H,4-6,9H2,1-3H3,(H,16,18). The van der Waals surface area contributed by atoms with E-state index in [9.17, 15) is 4.79 Å². The van der Waals surface area contributed by atoms with Crippen molar-refractivity contribution in [3.8, 4) is 5.75 Å². The van der Waals surface area contributed by atoms with Crippen LogP contribution in [0.1, 0.15) is 31.7 Å². The van der Waals surface area contributed by atoms with Gasteiger partial charge in [-0.2, -0.15) is 0 Å². The summed E-state index contributed by atoms with van der Waals surface area (Å²) in [5.41, 5.74) is 1.86. The van der Waals surface area contributed by atoms with E-state index >= 15 is 0 Å². The maximum absolute atomic E-state index is 12.3. The molecule has 0 aromatic heterocycles. The summed E-state index contributed by atoms with van der Waals surface area (Å²) in [5, 5.41) is 2.99. The number of aryl methyl sites for hydroxylation is 1. The predicted octanol–water partition coefficient (Wildman–Crippen LogP) is 3.41. The minimum absolute atomic E-state index is 0.000432. The zero-order chi connectivity index (χ0) is 13.8. The maximum atomic E-state index is 12.3. The molecule has 1 atom stereocenters. The second-order valence-corrected chi connectivity index (χ2v) is 5.15. The summed E-state index contributed by atoms with van der Waals surface area (Å²) in [4.78, 5) is 14.2. The summed E-state index contributed by atoms with van der Waals surface area (Å²) >= 11 is 0. The molecule has 0 aliphatic carbocycles. The Morgan fingerprint density at radius 3 is 2.84 bits per heavy atom. The van der Waals surface area contributed by atoms with Crippen molar-refractivity contribution in [2.24, 2.45) is 0 Å². The van der Waals surface area contributed by atoms with Crippen LogP contribution in [0.4, 0.5) is 10.5 Å². The van der Waals surface area contributed by atoms with Crippen LogP contribution in [0.3, 0.4) is 0 Å². The topological polar surface area (TPSA) is 41.6 Å². The third-order valence-corrected chi connectivity index (χ3v) is 3.74. The number of piperidine rings is 1. The van der Waals surface area contributed by atoms with E-state index in [0.717, 1.165) is 36.4 Å². The summed E-state index contributed by atoms with van der Waals surface area (Å²) in [6.45, 7) is 4.93. The summed E-state index contributed by atoms with van der Waals surface area (Å²) < 4.78 is 5.17. The van der Waals surface area contributed by atoms with Crippen molar-refractivity contribution in [3.05, 3.63) is 23.8 Å². The molecule has 0 radical (unpaired) electrons. The van der Waals surface area contributed by atoms with E-state index < -0.39 is 0 Å². The number of nitrogens with zero attached hydrogens (tertiary/aromatic N) is 1. The number of hydrogen-bond donors (Lipinski definition) is 1. The number of anilines is 1. The van der Waals surface area contributed by atoms with Crippen molar-refractivity contribution < 1.29 is 9.53 Å². The molecule has 1 N–H and O–H groups in total. The molecule has 4 heteroatoms. The lowest BCUT2D eigenvalue weighted by Crippen LogP contribution is -2.44. The van der Waals surface area contributed by atoms with Crippen molar-refractivity contribution >= 4 is 11.7 Å². The summed E-state index contributed by atoms with van der Waals surface area (Å²) in [5.74, 6) is 0.807. The smallest absolute Gasteiger partial charge is 0.322 e. The second-order valence-electron chi connectivity index (χ2n) is 5.15. The van der Waals surface area contributed by atoms with Gasteiger partial charge in [0.15, 0.2) is 0 Å². The Bertz CT molecular complexity index is 459. The normalized spacial score (nSPS) is 19.1. The lowest BCUT2D eigenvalue weighted by atomic mass is 10.0.